The van der Waals surface area contributed by atoms with Gasteiger partial charge < -0.3 is 9.47 Å². The number of rotatable bonds is 7. The topological polar surface area (TPSA) is 59.9 Å². The van der Waals surface area contributed by atoms with E-state index in [1.54, 1.807) is 13.3 Å². The van der Waals surface area contributed by atoms with Crippen molar-refractivity contribution in [1.82, 2.24) is 5.43 Å². The molecule has 0 radical (unpaired) electrons. The summed E-state index contributed by atoms with van der Waals surface area (Å²) in [6.45, 7) is 6.08. The van der Waals surface area contributed by atoms with E-state index < -0.39 is 0 Å². The number of carbonyl (C=O) groups is 1. The summed E-state index contributed by atoms with van der Waals surface area (Å²) in [5.41, 5.74) is 5.44. The second kappa shape index (κ2) is 9.38. The van der Waals surface area contributed by atoms with Gasteiger partial charge in [0.25, 0.3) is 5.91 Å². The van der Waals surface area contributed by atoms with E-state index in [2.05, 4.69) is 40.3 Å². The Kier molecular flexibility index (Phi) is 7.21. The first-order chi connectivity index (χ1) is 12.4. The summed E-state index contributed by atoms with van der Waals surface area (Å²) in [4.78, 5) is 12.0. The first-order valence-electron chi connectivity index (χ1n) is 8.29. The van der Waals surface area contributed by atoms with Gasteiger partial charge in [-0.2, -0.15) is 5.10 Å². The summed E-state index contributed by atoms with van der Waals surface area (Å²) in [5, 5.41) is 3.98. The van der Waals surface area contributed by atoms with Crippen molar-refractivity contribution in [3.8, 4) is 11.5 Å². The molecule has 0 fully saturated rings. The third kappa shape index (κ3) is 5.59. The zero-order valence-electron chi connectivity index (χ0n) is 15.4. The van der Waals surface area contributed by atoms with Gasteiger partial charge in [0.2, 0.25) is 0 Å². The molecule has 2 aromatic carbocycles. The molecule has 2 aromatic rings. The van der Waals surface area contributed by atoms with E-state index in [0.717, 1.165) is 26.9 Å². The number of nitrogens with zero attached hydrogens (tertiary/aromatic N) is 1. The van der Waals surface area contributed by atoms with Crippen LogP contribution in [0.1, 0.15) is 36.5 Å². The van der Waals surface area contributed by atoms with Gasteiger partial charge in [0.05, 0.1) is 13.3 Å². The van der Waals surface area contributed by atoms with E-state index in [1.807, 2.05) is 43.3 Å². The Balaban J connectivity index is 1.95. The average molecular weight is 419 g/mol. The van der Waals surface area contributed by atoms with Crippen LogP contribution in [0.15, 0.2) is 46.0 Å². The third-order valence-electron chi connectivity index (χ3n) is 3.75. The second-order valence-electron chi connectivity index (χ2n) is 6.17. The molecule has 0 aliphatic carbocycles. The van der Waals surface area contributed by atoms with E-state index in [4.69, 9.17) is 9.47 Å². The van der Waals surface area contributed by atoms with Crippen LogP contribution in [-0.4, -0.2) is 25.8 Å². The van der Waals surface area contributed by atoms with Gasteiger partial charge in [-0.05, 0) is 48.2 Å². The molecule has 1 N–H and O–H groups in total. The lowest BCUT2D eigenvalue weighted by Gasteiger charge is -2.14. The van der Waals surface area contributed by atoms with Gasteiger partial charge in [0.15, 0.2) is 6.61 Å². The number of nitrogens with one attached hydrogen (secondary N) is 1. The van der Waals surface area contributed by atoms with E-state index >= 15 is 0 Å². The van der Waals surface area contributed by atoms with Gasteiger partial charge in [0, 0.05) is 10.0 Å². The number of carbonyl (C=O) groups excluding carboxylic acids is 1. The van der Waals surface area contributed by atoms with Crippen LogP contribution in [0.2, 0.25) is 0 Å². The maximum absolute atomic E-state index is 12.0. The predicted molar refractivity (Wildman–Crippen MR) is 107 cm³/mol. The summed E-state index contributed by atoms with van der Waals surface area (Å²) in [6, 6.07) is 11.5. The fourth-order valence-corrected chi connectivity index (χ4v) is 2.69. The van der Waals surface area contributed by atoms with Gasteiger partial charge in [0.1, 0.15) is 11.5 Å². The third-order valence-corrected chi connectivity index (χ3v) is 4.47. The van der Waals surface area contributed by atoms with Crippen LogP contribution >= 0.6 is 15.9 Å². The van der Waals surface area contributed by atoms with Crippen LogP contribution < -0.4 is 14.9 Å². The minimum Gasteiger partial charge on any atom is -0.497 e. The highest BCUT2D eigenvalue weighted by Gasteiger charge is 2.10. The average Bonchev–Trinajstić information content (AvgIpc) is 2.61. The number of hydrogen-bond donors (Lipinski definition) is 1. The Bertz CT molecular complexity index is 804. The second-order valence-corrected chi connectivity index (χ2v) is 7.02. The molecule has 0 spiro atoms. The number of hydrogen-bond acceptors (Lipinski definition) is 4. The summed E-state index contributed by atoms with van der Waals surface area (Å²) in [6.07, 6.45) is 1.55. The van der Waals surface area contributed by atoms with Crippen molar-refractivity contribution >= 4 is 28.1 Å². The van der Waals surface area contributed by atoms with Crippen LogP contribution in [0.4, 0.5) is 0 Å². The quantitative estimate of drug-likeness (QED) is 0.534. The number of methoxy groups -OCH3 is 1. The largest absolute Gasteiger partial charge is 0.497 e. The van der Waals surface area contributed by atoms with E-state index in [9.17, 15) is 4.79 Å². The minimum atomic E-state index is -0.323. The fourth-order valence-electron chi connectivity index (χ4n) is 2.34. The molecule has 1 amide bonds. The number of amides is 1. The lowest BCUT2D eigenvalue weighted by Crippen LogP contribution is -2.25. The molecule has 0 saturated heterocycles. The van der Waals surface area contributed by atoms with E-state index in [0.29, 0.717) is 11.7 Å². The van der Waals surface area contributed by atoms with Crippen LogP contribution in [0, 0.1) is 6.92 Å². The molecule has 2 rings (SSSR count). The number of ether oxygens (including phenoxy) is 2. The molecular weight excluding hydrogens is 396 g/mol. The number of hydrazone groups is 1. The maximum Gasteiger partial charge on any atom is 0.277 e. The van der Waals surface area contributed by atoms with Crippen molar-refractivity contribution in [3.63, 3.8) is 0 Å². The van der Waals surface area contributed by atoms with Crippen molar-refractivity contribution in [2.45, 2.75) is 26.7 Å². The molecule has 138 valence electrons. The summed E-state index contributed by atoms with van der Waals surface area (Å²) in [5.74, 6) is 1.44. The Morgan fingerprint density at radius 3 is 2.73 bits per heavy atom. The Morgan fingerprint density at radius 2 is 2.04 bits per heavy atom. The van der Waals surface area contributed by atoms with Gasteiger partial charge in [-0.1, -0.05) is 41.9 Å². The Hall–Kier alpha value is -2.34. The zero-order chi connectivity index (χ0) is 19.1. The zero-order valence-corrected chi connectivity index (χ0v) is 17.0. The van der Waals surface area contributed by atoms with Gasteiger partial charge >= 0.3 is 0 Å². The highest BCUT2D eigenvalue weighted by Crippen LogP contribution is 2.27. The predicted octanol–water partition coefficient (Wildman–Crippen LogP) is 4.42. The minimum absolute atomic E-state index is 0.0974. The van der Waals surface area contributed by atoms with Crippen molar-refractivity contribution in [1.29, 1.82) is 0 Å². The molecule has 0 saturated carbocycles. The summed E-state index contributed by atoms with van der Waals surface area (Å²) >= 11 is 3.43. The van der Waals surface area contributed by atoms with Gasteiger partial charge in [-0.15, -0.1) is 0 Å². The van der Waals surface area contributed by atoms with E-state index in [-0.39, 0.29) is 12.5 Å². The van der Waals surface area contributed by atoms with Crippen LogP contribution in [-0.2, 0) is 4.79 Å². The first-order valence-corrected chi connectivity index (χ1v) is 9.08. The van der Waals surface area contributed by atoms with Gasteiger partial charge in [-0.3, -0.25) is 4.79 Å². The Labute approximate surface area is 162 Å². The summed E-state index contributed by atoms with van der Waals surface area (Å²) in [7, 11) is 1.60. The maximum atomic E-state index is 12.0. The van der Waals surface area contributed by atoms with Crippen LogP contribution in [0.25, 0.3) is 0 Å². The molecule has 26 heavy (non-hydrogen) atoms. The van der Waals surface area contributed by atoms with Crippen LogP contribution in [0.3, 0.4) is 0 Å². The standard InChI is InChI=1S/C20H23BrN2O3/c1-13(2)17-7-5-14(3)9-19(17)26-12-20(24)23-22-11-15-10-16(25-4)6-8-18(15)21/h5-11,13H,12H2,1-4H3,(H,23,24)/b22-11+. The summed E-state index contributed by atoms with van der Waals surface area (Å²) < 4.78 is 11.7. The molecule has 0 unspecified atom stereocenters. The lowest BCUT2D eigenvalue weighted by molar-refractivity contribution is -0.123. The first kappa shape index (κ1) is 20.0. The number of aryl methyl sites for hydroxylation is 1. The molecule has 0 heterocycles. The Morgan fingerprint density at radius 1 is 1.27 bits per heavy atom. The molecule has 0 aromatic heterocycles. The molecule has 5 nitrogen and oxygen atoms in total. The smallest absolute Gasteiger partial charge is 0.277 e. The normalized spacial score (nSPS) is 11.0. The van der Waals surface area contributed by atoms with Crippen molar-refractivity contribution in [2.75, 3.05) is 13.7 Å². The lowest BCUT2D eigenvalue weighted by atomic mass is 10.0. The van der Waals surface area contributed by atoms with Crippen molar-refractivity contribution < 1.29 is 14.3 Å². The van der Waals surface area contributed by atoms with E-state index in [1.165, 1.54) is 0 Å². The highest BCUT2D eigenvalue weighted by atomic mass is 79.9. The highest BCUT2D eigenvalue weighted by molar-refractivity contribution is 9.10. The number of halogens is 1. The SMILES string of the molecule is COc1ccc(Br)c(/C=N/NC(=O)COc2cc(C)ccc2C(C)C)c1. The molecule has 0 atom stereocenters. The van der Waals surface area contributed by atoms with Gasteiger partial charge in [-0.25, -0.2) is 5.43 Å². The fraction of sp³-hybridized carbons (Fsp3) is 0.300. The number of benzene rings is 2. The monoisotopic (exact) mass is 418 g/mol. The van der Waals surface area contributed by atoms with Crippen molar-refractivity contribution in [3.05, 3.63) is 57.6 Å². The molecule has 0 aliphatic rings. The van der Waals surface area contributed by atoms with Crippen molar-refractivity contribution in [2.24, 2.45) is 5.10 Å². The van der Waals surface area contributed by atoms with Crippen LogP contribution in [0.5, 0.6) is 11.5 Å². The molecule has 0 aliphatic heterocycles. The molecular formula is C20H23BrN2O3. The molecule has 6 heteroatoms. The molecule has 0 bridgehead atoms.